The molecule has 0 spiro atoms. The molecular formula is C14H12BrClO2S. The highest BCUT2D eigenvalue weighted by molar-refractivity contribution is 9.10. The van der Waals surface area contributed by atoms with Crippen LogP contribution in [0.5, 0.6) is 11.5 Å². The average Bonchev–Trinajstić information content (AvgIpc) is 2.77. The Balaban J connectivity index is 1.81. The summed E-state index contributed by atoms with van der Waals surface area (Å²) in [7, 11) is 0. The van der Waals surface area contributed by atoms with Crippen LogP contribution in [0.25, 0.3) is 0 Å². The third-order valence-electron chi connectivity index (χ3n) is 3.01. The molecule has 0 saturated carbocycles. The summed E-state index contributed by atoms with van der Waals surface area (Å²) < 4.78 is 12.7. The molecule has 2 heterocycles. The first-order valence-corrected chi connectivity index (χ1v) is 7.98. The largest absolute Gasteiger partial charge is 0.486 e. The van der Waals surface area contributed by atoms with Gasteiger partial charge in [0.05, 0.1) is 0 Å². The summed E-state index contributed by atoms with van der Waals surface area (Å²) in [5.74, 6) is 1.54. The van der Waals surface area contributed by atoms with Crippen molar-refractivity contribution >= 4 is 38.9 Å². The van der Waals surface area contributed by atoms with Crippen LogP contribution in [0.15, 0.2) is 34.8 Å². The molecule has 1 aliphatic heterocycles. The fourth-order valence-electron chi connectivity index (χ4n) is 1.98. The van der Waals surface area contributed by atoms with Gasteiger partial charge in [-0.15, -0.1) is 22.9 Å². The van der Waals surface area contributed by atoms with Gasteiger partial charge in [-0.25, -0.2) is 0 Å². The predicted molar refractivity (Wildman–Crippen MR) is 81.7 cm³/mol. The van der Waals surface area contributed by atoms with Gasteiger partial charge in [-0.1, -0.05) is 12.1 Å². The summed E-state index contributed by atoms with van der Waals surface area (Å²) in [5, 5.41) is -0.205. The second-order valence-electron chi connectivity index (χ2n) is 4.37. The first-order valence-electron chi connectivity index (χ1n) is 5.93. The van der Waals surface area contributed by atoms with E-state index in [-0.39, 0.29) is 11.5 Å². The minimum Gasteiger partial charge on any atom is -0.486 e. The molecule has 0 radical (unpaired) electrons. The molecule has 0 bridgehead atoms. The van der Waals surface area contributed by atoms with Gasteiger partial charge in [0.25, 0.3) is 0 Å². The Labute approximate surface area is 129 Å². The van der Waals surface area contributed by atoms with Crippen molar-refractivity contribution in [1.29, 1.82) is 0 Å². The van der Waals surface area contributed by atoms with Crippen LogP contribution in [0.1, 0.15) is 15.1 Å². The van der Waals surface area contributed by atoms with Crippen LogP contribution in [0, 0.1) is 6.92 Å². The Morgan fingerprint density at radius 3 is 2.79 bits per heavy atom. The van der Waals surface area contributed by atoms with E-state index in [0.29, 0.717) is 6.61 Å². The average molecular weight is 360 g/mol. The van der Waals surface area contributed by atoms with Crippen LogP contribution in [0.4, 0.5) is 0 Å². The van der Waals surface area contributed by atoms with E-state index in [2.05, 4.69) is 28.9 Å². The SMILES string of the molecule is Cc1sc(C(Cl)C2COc3ccccc3O2)cc1Br. The maximum absolute atomic E-state index is 6.52. The highest BCUT2D eigenvalue weighted by Gasteiger charge is 2.29. The van der Waals surface area contributed by atoms with Crippen LogP contribution in [0.3, 0.4) is 0 Å². The van der Waals surface area contributed by atoms with Gasteiger partial charge in [0, 0.05) is 14.2 Å². The van der Waals surface area contributed by atoms with Crippen molar-refractivity contribution < 1.29 is 9.47 Å². The van der Waals surface area contributed by atoms with E-state index in [1.165, 1.54) is 4.88 Å². The summed E-state index contributed by atoms with van der Waals surface area (Å²) in [4.78, 5) is 2.32. The molecule has 0 amide bonds. The zero-order chi connectivity index (χ0) is 13.4. The van der Waals surface area contributed by atoms with Crippen LogP contribution in [-0.4, -0.2) is 12.7 Å². The third-order valence-corrected chi connectivity index (χ3v) is 5.87. The topological polar surface area (TPSA) is 18.5 Å². The molecule has 1 aromatic heterocycles. The molecule has 3 rings (SSSR count). The zero-order valence-corrected chi connectivity index (χ0v) is 13.4. The van der Waals surface area contributed by atoms with Gasteiger partial charge in [0.2, 0.25) is 0 Å². The van der Waals surface area contributed by atoms with Crippen LogP contribution in [0.2, 0.25) is 0 Å². The highest BCUT2D eigenvalue weighted by Crippen LogP contribution is 2.40. The van der Waals surface area contributed by atoms with Gasteiger partial charge >= 0.3 is 0 Å². The molecule has 2 aromatic rings. The lowest BCUT2D eigenvalue weighted by Crippen LogP contribution is -2.32. The lowest BCUT2D eigenvalue weighted by Gasteiger charge is -2.28. The number of halogens is 2. The number of thiophene rings is 1. The molecular weight excluding hydrogens is 348 g/mol. The molecule has 0 aliphatic carbocycles. The number of rotatable bonds is 2. The lowest BCUT2D eigenvalue weighted by molar-refractivity contribution is 0.0883. The maximum atomic E-state index is 6.52. The summed E-state index contributed by atoms with van der Waals surface area (Å²) >= 11 is 11.7. The van der Waals surface area contributed by atoms with Crippen LogP contribution < -0.4 is 9.47 Å². The Kier molecular flexibility index (Phi) is 3.74. The lowest BCUT2D eigenvalue weighted by atomic mass is 10.2. The number of benzene rings is 1. The van der Waals surface area contributed by atoms with E-state index in [0.717, 1.165) is 20.8 Å². The molecule has 2 unspecified atom stereocenters. The predicted octanol–water partition coefficient (Wildman–Crippen LogP) is 4.94. The van der Waals surface area contributed by atoms with Gasteiger partial charge in [0.1, 0.15) is 12.0 Å². The van der Waals surface area contributed by atoms with E-state index in [1.54, 1.807) is 11.3 Å². The first kappa shape index (κ1) is 13.3. The number of ether oxygens (including phenoxy) is 2. The number of hydrogen-bond acceptors (Lipinski definition) is 3. The quantitative estimate of drug-likeness (QED) is 0.707. The van der Waals surface area contributed by atoms with Crippen molar-refractivity contribution in [2.24, 2.45) is 0 Å². The van der Waals surface area contributed by atoms with Crippen molar-refractivity contribution in [3.05, 3.63) is 44.6 Å². The number of alkyl halides is 1. The minimum absolute atomic E-state index is 0.165. The van der Waals surface area contributed by atoms with Gasteiger partial charge in [0.15, 0.2) is 17.6 Å². The molecule has 0 fully saturated rings. The van der Waals surface area contributed by atoms with E-state index in [4.69, 9.17) is 21.1 Å². The summed E-state index contributed by atoms with van der Waals surface area (Å²) in [6.07, 6.45) is -0.165. The molecule has 2 nitrogen and oxygen atoms in total. The molecule has 19 heavy (non-hydrogen) atoms. The van der Waals surface area contributed by atoms with E-state index >= 15 is 0 Å². The highest BCUT2D eigenvalue weighted by atomic mass is 79.9. The fourth-order valence-corrected chi connectivity index (χ4v) is 3.89. The smallest absolute Gasteiger partial charge is 0.161 e. The number of aryl methyl sites for hydroxylation is 1. The van der Waals surface area contributed by atoms with Gasteiger partial charge < -0.3 is 9.47 Å². The Bertz CT molecular complexity index is 579. The fraction of sp³-hybridized carbons (Fsp3) is 0.286. The molecule has 0 N–H and O–H groups in total. The van der Waals surface area contributed by atoms with E-state index in [1.807, 2.05) is 24.3 Å². The zero-order valence-electron chi connectivity index (χ0n) is 10.2. The van der Waals surface area contributed by atoms with Crippen molar-refractivity contribution in [3.8, 4) is 11.5 Å². The van der Waals surface area contributed by atoms with Gasteiger partial charge in [-0.05, 0) is 41.1 Å². The molecule has 1 aromatic carbocycles. The monoisotopic (exact) mass is 358 g/mol. The van der Waals surface area contributed by atoms with Crippen molar-refractivity contribution in [2.45, 2.75) is 18.4 Å². The second-order valence-corrected chi connectivity index (χ2v) is 6.98. The molecule has 100 valence electrons. The van der Waals surface area contributed by atoms with Gasteiger partial charge in [-0.2, -0.15) is 0 Å². The molecule has 2 atom stereocenters. The van der Waals surface area contributed by atoms with Crippen LogP contribution >= 0.6 is 38.9 Å². The normalized spacial score (nSPS) is 19.2. The summed E-state index contributed by atoms with van der Waals surface area (Å²) in [5.41, 5.74) is 0. The molecule has 1 aliphatic rings. The van der Waals surface area contributed by atoms with Crippen molar-refractivity contribution in [3.63, 3.8) is 0 Å². The third kappa shape index (κ3) is 2.62. The molecule has 0 saturated heterocycles. The minimum atomic E-state index is -0.205. The maximum Gasteiger partial charge on any atom is 0.161 e. The van der Waals surface area contributed by atoms with Crippen LogP contribution in [-0.2, 0) is 0 Å². The van der Waals surface area contributed by atoms with Crippen molar-refractivity contribution in [2.75, 3.05) is 6.61 Å². The summed E-state index contributed by atoms with van der Waals surface area (Å²) in [6.45, 7) is 2.54. The standard InChI is InChI=1S/C14H12BrClO2S/c1-8-9(15)6-13(19-8)14(16)12-7-17-10-4-2-3-5-11(10)18-12/h2-6,12,14H,7H2,1H3. The Hall–Kier alpha value is -0.710. The summed E-state index contributed by atoms with van der Waals surface area (Å²) in [6, 6.07) is 9.73. The number of para-hydroxylation sites is 2. The first-order chi connectivity index (χ1) is 9.15. The van der Waals surface area contributed by atoms with Gasteiger partial charge in [-0.3, -0.25) is 0 Å². The number of hydrogen-bond donors (Lipinski definition) is 0. The Morgan fingerprint density at radius 2 is 2.11 bits per heavy atom. The van der Waals surface area contributed by atoms with E-state index < -0.39 is 0 Å². The Morgan fingerprint density at radius 1 is 1.37 bits per heavy atom. The second kappa shape index (κ2) is 5.35. The molecule has 5 heteroatoms. The number of fused-ring (bicyclic) bond motifs is 1. The van der Waals surface area contributed by atoms with E-state index in [9.17, 15) is 0 Å². The van der Waals surface area contributed by atoms with Crippen molar-refractivity contribution in [1.82, 2.24) is 0 Å².